The molecule has 2 fully saturated rings. The van der Waals surface area contributed by atoms with Gasteiger partial charge in [0.15, 0.2) is 0 Å². The second-order valence-corrected chi connectivity index (χ2v) is 9.12. The lowest BCUT2D eigenvalue weighted by atomic mass is 9.86. The molecule has 4 nitrogen and oxygen atoms in total. The van der Waals surface area contributed by atoms with Gasteiger partial charge in [0.05, 0.1) is 12.0 Å². The average molecular weight is 441 g/mol. The minimum absolute atomic E-state index is 0.00755. The van der Waals surface area contributed by atoms with Gasteiger partial charge in [-0.05, 0) is 67.5 Å². The van der Waals surface area contributed by atoms with Crippen molar-refractivity contribution < 1.29 is 18.4 Å². The van der Waals surface area contributed by atoms with E-state index in [1.54, 1.807) is 25.1 Å². The first-order valence-electron chi connectivity index (χ1n) is 11.5. The lowest BCUT2D eigenvalue weighted by Crippen LogP contribution is -2.48. The van der Waals surface area contributed by atoms with Crippen molar-refractivity contribution in [2.45, 2.75) is 58.0 Å². The molecule has 2 aromatic rings. The fourth-order valence-corrected chi connectivity index (χ4v) is 5.04. The van der Waals surface area contributed by atoms with Gasteiger partial charge in [-0.1, -0.05) is 37.1 Å². The van der Waals surface area contributed by atoms with E-state index < -0.39 is 0 Å². The van der Waals surface area contributed by atoms with E-state index in [4.69, 9.17) is 0 Å². The predicted molar refractivity (Wildman–Crippen MR) is 119 cm³/mol. The van der Waals surface area contributed by atoms with Crippen molar-refractivity contribution in [2.24, 2.45) is 11.8 Å². The fourth-order valence-electron chi connectivity index (χ4n) is 5.04. The van der Waals surface area contributed by atoms with Crippen molar-refractivity contribution in [1.29, 1.82) is 0 Å². The molecule has 0 bridgehead atoms. The van der Waals surface area contributed by atoms with E-state index in [0.717, 1.165) is 31.2 Å². The molecule has 1 saturated carbocycles. The van der Waals surface area contributed by atoms with E-state index in [0.29, 0.717) is 30.5 Å². The summed E-state index contributed by atoms with van der Waals surface area (Å²) in [6.07, 6.45) is 5.19. The van der Waals surface area contributed by atoms with Gasteiger partial charge in [-0.15, -0.1) is 0 Å². The molecule has 0 spiro atoms. The van der Waals surface area contributed by atoms with Crippen LogP contribution in [-0.2, 0) is 16.1 Å². The summed E-state index contributed by atoms with van der Waals surface area (Å²) in [4.78, 5) is 28.2. The van der Waals surface area contributed by atoms with Crippen LogP contribution in [0.1, 0.15) is 61.3 Å². The third kappa shape index (κ3) is 5.00. The van der Waals surface area contributed by atoms with Gasteiger partial charge in [-0.25, -0.2) is 8.78 Å². The van der Waals surface area contributed by atoms with Crippen molar-refractivity contribution in [1.82, 2.24) is 10.2 Å². The number of rotatable bonds is 5. The molecule has 1 N–H and O–H groups in total. The summed E-state index contributed by atoms with van der Waals surface area (Å²) >= 11 is 0. The molecule has 2 aliphatic rings. The van der Waals surface area contributed by atoms with Crippen LogP contribution >= 0.6 is 0 Å². The SMILES string of the molecule is Cc1cc([C@H]2CC[C@H](C(=O)NCc3cccc(F)c3)CN2C(=O)C2CCCC2)ccc1F. The van der Waals surface area contributed by atoms with Gasteiger partial charge in [0.25, 0.3) is 0 Å². The number of likely N-dealkylation sites (tertiary alicyclic amines) is 1. The molecule has 1 aliphatic carbocycles. The molecular weight excluding hydrogens is 410 g/mol. The van der Waals surface area contributed by atoms with Crippen LogP contribution in [0.25, 0.3) is 0 Å². The Kier molecular flexibility index (Phi) is 6.87. The van der Waals surface area contributed by atoms with Crippen molar-refractivity contribution in [3.05, 3.63) is 70.8 Å². The van der Waals surface area contributed by atoms with Crippen LogP contribution in [0, 0.1) is 30.4 Å². The zero-order valence-corrected chi connectivity index (χ0v) is 18.4. The fraction of sp³-hybridized carbons (Fsp3) is 0.462. The van der Waals surface area contributed by atoms with E-state index in [2.05, 4.69) is 5.32 Å². The van der Waals surface area contributed by atoms with Gasteiger partial charge in [-0.2, -0.15) is 0 Å². The third-order valence-corrected chi connectivity index (χ3v) is 6.86. The molecular formula is C26H30F2N2O2. The Morgan fingerprint density at radius 1 is 1.00 bits per heavy atom. The van der Waals surface area contributed by atoms with Crippen molar-refractivity contribution in [3.8, 4) is 0 Å². The molecule has 1 saturated heterocycles. The molecule has 1 aliphatic heterocycles. The van der Waals surface area contributed by atoms with E-state index in [1.165, 1.54) is 18.2 Å². The summed E-state index contributed by atoms with van der Waals surface area (Å²) in [6, 6.07) is 11.1. The number of hydrogen-bond donors (Lipinski definition) is 1. The molecule has 6 heteroatoms. The zero-order valence-electron chi connectivity index (χ0n) is 18.4. The molecule has 1 heterocycles. The Hall–Kier alpha value is -2.76. The van der Waals surface area contributed by atoms with Gasteiger partial charge in [0, 0.05) is 19.0 Å². The van der Waals surface area contributed by atoms with Crippen LogP contribution < -0.4 is 5.32 Å². The Balaban J connectivity index is 1.49. The summed E-state index contributed by atoms with van der Waals surface area (Å²) in [7, 11) is 0. The predicted octanol–water partition coefficient (Wildman–Crippen LogP) is 5.06. The monoisotopic (exact) mass is 440 g/mol. The number of benzene rings is 2. The van der Waals surface area contributed by atoms with Crippen LogP contribution in [-0.4, -0.2) is 23.3 Å². The number of nitrogens with one attached hydrogen (secondary N) is 1. The highest BCUT2D eigenvalue weighted by atomic mass is 19.1. The van der Waals surface area contributed by atoms with Gasteiger partial charge in [0.2, 0.25) is 11.8 Å². The summed E-state index contributed by atoms with van der Waals surface area (Å²) < 4.78 is 27.2. The van der Waals surface area contributed by atoms with Crippen molar-refractivity contribution in [2.75, 3.05) is 6.54 Å². The van der Waals surface area contributed by atoms with E-state index in [1.807, 2.05) is 11.0 Å². The number of aryl methyl sites for hydroxylation is 1. The molecule has 0 unspecified atom stereocenters. The van der Waals surface area contributed by atoms with Gasteiger partial charge >= 0.3 is 0 Å². The Morgan fingerprint density at radius 2 is 1.78 bits per heavy atom. The van der Waals surface area contributed by atoms with Crippen LogP contribution in [0.15, 0.2) is 42.5 Å². The zero-order chi connectivity index (χ0) is 22.7. The quantitative estimate of drug-likeness (QED) is 0.707. The van der Waals surface area contributed by atoms with Crippen LogP contribution in [0.4, 0.5) is 8.78 Å². The molecule has 2 aromatic carbocycles. The standard InChI is InChI=1S/C26H30F2N2O2/c1-17-13-20(9-11-23(17)28)24-12-10-21(16-30(24)26(32)19-6-2-3-7-19)25(31)29-15-18-5-4-8-22(27)14-18/h4-5,8-9,11,13-14,19,21,24H,2-3,6-7,10,12,15-16H2,1H3,(H,29,31)/t21-,24+/m0/s1. The minimum atomic E-state index is -0.333. The topological polar surface area (TPSA) is 49.4 Å². The highest BCUT2D eigenvalue weighted by Gasteiger charge is 2.38. The maximum Gasteiger partial charge on any atom is 0.226 e. The average Bonchev–Trinajstić information content (AvgIpc) is 3.33. The summed E-state index contributed by atoms with van der Waals surface area (Å²) in [5.41, 5.74) is 2.19. The number of hydrogen-bond acceptors (Lipinski definition) is 2. The molecule has 2 atom stereocenters. The minimum Gasteiger partial charge on any atom is -0.352 e. The Bertz CT molecular complexity index is 988. The summed E-state index contributed by atoms with van der Waals surface area (Å²) in [5, 5.41) is 2.90. The number of carbonyl (C=O) groups is 2. The normalized spacial score (nSPS) is 21.5. The van der Waals surface area contributed by atoms with Gasteiger partial charge in [-0.3, -0.25) is 9.59 Å². The van der Waals surface area contributed by atoms with Crippen molar-refractivity contribution in [3.63, 3.8) is 0 Å². The largest absolute Gasteiger partial charge is 0.352 e. The maximum absolute atomic E-state index is 13.8. The van der Waals surface area contributed by atoms with Crippen molar-refractivity contribution >= 4 is 11.8 Å². The lowest BCUT2D eigenvalue weighted by Gasteiger charge is -2.41. The highest BCUT2D eigenvalue weighted by Crippen LogP contribution is 2.37. The smallest absolute Gasteiger partial charge is 0.226 e. The van der Waals surface area contributed by atoms with Crippen LogP contribution in [0.5, 0.6) is 0 Å². The number of piperidine rings is 1. The lowest BCUT2D eigenvalue weighted by molar-refractivity contribution is -0.142. The molecule has 170 valence electrons. The first kappa shape index (κ1) is 22.4. The highest BCUT2D eigenvalue weighted by molar-refractivity contribution is 5.83. The Morgan fingerprint density at radius 3 is 2.50 bits per heavy atom. The number of halogens is 2. The molecule has 32 heavy (non-hydrogen) atoms. The Labute approximate surface area is 188 Å². The number of amides is 2. The molecule has 2 amide bonds. The van der Waals surface area contributed by atoms with Gasteiger partial charge in [0.1, 0.15) is 11.6 Å². The molecule has 4 rings (SSSR count). The maximum atomic E-state index is 13.8. The number of nitrogens with zero attached hydrogens (tertiary/aromatic N) is 1. The van der Waals surface area contributed by atoms with E-state index >= 15 is 0 Å². The third-order valence-electron chi connectivity index (χ3n) is 6.86. The number of carbonyl (C=O) groups excluding carboxylic acids is 2. The van der Waals surface area contributed by atoms with E-state index in [9.17, 15) is 18.4 Å². The first-order valence-corrected chi connectivity index (χ1v) is 11.5. The molecule has 0 radical (unpaired) electrons. The van der Waals surface area contributed by atoms with Crippen LogP contribution in [0.3, 0.4) is 0 Å². The second kappa shape index (κ2) is 9.80. The summed E-state index contributed by atoms with van der Waals surface area (Å²) in [6.45, 7) is 2.34. The second-order valence-electron chi connectivity index (χ2n) is 9.12. The van der Waals surface area contributed by atoms with Gasteiger partial charge < -0.3 is 10.2 Å². The molecule has 0 aromatic heterocycles. The summed E-state index contributed by atoms with van der Waals surface area (Å²) in [5.74, 6) is -0.905. The first-order chi connectivity index (χ1) is 15.4. The van der Waals surface area contributed by atoms with Crippen LogP contribution in [0.2, 0.25) is 0 Å². The van der Waals surface area contributed by atoms with E-state index in [-0.39, 0.29) is 47.9 Å².